The first kappa shape index (κ1) is 34.7. The van der Waals surface area contributed by atoms with Crippen LogP contribution in [0.25, 0.3) is 0 Å². The molecular weight excluding hydrogens is 510 g/mol. The Morgan fingerprint density at radius 3 is 1.62 bits per heavy atom. The maximum atomic E-state index is 12.4. The maximum absolute atomic E-state index is 12.4. The van der Waals surface area contributed by atoms with Crippen LogP contribution in [-0.2, 0) is 28.6 Å². The molecule has 0 N–H and O–H groups in total. The van der Waals surface area contributed by atoms with Crippen molar-refractivity contribution in [3.05, 3.63) is 12.2 Å². The van der Waals surface area contributed by atoms with Crippen LogP contribution in [0.3, 0.4) is 0 Å². The van der Waals surface area contributed by atoms with Gasteiger partial charge < -0.3 is 14.2 Å². The molecule has 0 saturated carbocycles. The summed E-state index contributed by atoms with van der Waals surface area (Å²) >= 11 is 0. The van der Waals surface area contributed by atoms with Crippen LogP contribution in [0.15, 0.2) is 12.2 Å². The van der Waals surface area contributed by atoms with Gasteiger partial charge in [0, 0.05) is 6.42 Å². The van der Waals surface area contributed by atoms with Crippen LogP contribution >= 0.6 is 0 Å². The van der Waals surface area contributed by atoms with E-state index in [9.17, 15) is 40.7 Å². The molecule has 0 aliphatic carbocycles. The molecule has 0 rings (SSSR count). The Hall–Kier alpha value is -2.27. The first-order chi connectivity index (χ1) is 17.4. The Morgan fingerprint density at radius 2 is 1.11 bits per heavy atom. The lowest BCUT2D eigenvalue weighted by Crippen LogP contribution is -2.37. The lowest BCUT2D eigenvalue weighted by atomic mass is 10.1. The van der Waals surface area contributed by atoms with Gasteiger partial charge in [0.2, 0.25) is 0 Å². The summed E-state index contributed by atoms with van der Waals surface area (Å²) < 4.78 is 86.1. The summed E-state index contributed by atoms with van der Waals surface area (Å²) in [4.78, 5) is 33.5. The molecule has 0 fully saturated rings. The molecule has 0 amide bonds. The third kappa shape index (κ3) is 20.5. The van der Waals surface area contributed by atoms with Gasteiger partial charge in [0.25, 0.3) is 0 Å². The molecule has 12 heteroatoms. The van der Waals surface area contributed by atoms with Crippen molar-refractivity contribution in [3.63, 3.8) is 0 Å². The molecule has 0 radical (unpaired) electrons. The number of unbranched alkanes of at least 4 members (excludes halogenated alkanes) is 11. The van der Waals surface area contributed by atoms with Crippen LogP contribution in [0, 0.1) is 0 Å². The average Bonchev–Trinajstić information content (AvgIpc) is 2.81. The highest BCUT2D eigenvalue weighted by Gasteiger charge is 2.44. The minimum Gasteiger partial charge on any atom is -0.462 e. The summed E-state index contributed by atoms with van der Waals surface area (Å²) in [7, 11) is 0. The molecule has 0 heterocycles. The monoisotopic (exact) mass is 548 g/mol. The van der Waals surface area contributed by atoms with E-state index >= 15 is 0 Å². The summed E-state index contributed by atoms with van der Waals surface area (Å²) in [5.41, 5.74) is 0. The van der Waals surface area contributed by atoms with Crippen LogP contribution in [0.4, 0.5) is 26.3 Å². The van der Waals surface area contributed by atoms with E-state index in [-0.39, 0.29) is 6.42 Å². The Bertz CT molecular complexity index is 676. The fraction of sp³-hybridized carbons (Fsp3) is 0.800. The highest BCUT2D eigenvalue weighted by atomic mass is 19.4. The van der Waals surface area contributed by atoms with Crippen molar-refractivity contribution in [1.82, 2.24) is 0 Å². The molecule has 0 aliphatic heterocycles. The summed E-state index contributed by atoms with van der Waals surface area (Å²) in [5.74, 6) is -6.22. The third-order valence-corrected chi connectivity index (χ3v) is 5.21. The first-order valence-electron chi connectivity index (χ1n) is 12.7. The second kappa shape index (κ2) is 19.8. The highest BCUT2D eigenvalue weighted by Crippen LogP contribution is 2.20. The van der Waals surface area contributed by atoms with Crippen molar-refractivity contribution in [2.24, 2.45) is 0 Å². The van der Waals surface area contributed by atoms with E-state index in [4.69, 9.17) is 0 Å². The summed E-state index contributed by atoms with van der Waals surface area (Å²) in [6.07, 6.45) is 5.15. The van der Waals surface area contributed by atoms with Crippen LogP contribution in [0.5, 0.6) is 0 Å². The fourth-order valence-corrected chi connectivity index (χ4v) is 3.18. The maximum Gasteiger partial charge on any atom is 0.490 e. The second-order valence-corrected chi connectivity index (χ2v) is 8.64. The summed E-state index contributed by atoms with van der Waals surface area (Å²) in [6.45, 7) is -0.154. The molecule has 0 aromatic carbocycles. The molecule has 0 aromatic rings. The molecule has 6 nitrogen and oxygen atoms in total. The predicted molar refractivity (Wildman–Crippen MR) is 123 cm³/mol. The zero-order chi connectivity index (χ0) is 28.2. The molecule has 0 unspecified atom stereocenters. The number of alkyl halides is 6. The van der Waals surface area contributed by atoms with Gasteiger partial charge in [-0.1, -0.05) is 70.4 Å². The zero-order valence-electron chi connectivity index (χ0n) is 21.3. The van der Waals surface area contributed by atoms with Gasteiger partial charge in [-0.05, 0) is 32.1 Å². The van der Waals surface area contributed by atoms with Crippen molar-refractivity contribution in [1.29, 1.82) is 0 Å². The van der Waals surface area contributed by atoms with E-state index in [1.807, 2.05) is 0 Å². The molecule has 0 saturated heterocycles. The minimum atomic E-state index is -5.43. The molecule has 0 spiro atoms. The molecule has 0 bridgehead atoms. The SMILES string of the molecule is CCCCCCCC/C=C\CCCCCCCC(=O)OC[C@H](COC(=O)C(F)(F)F)OC(=O)C(F)(F)F. The van der Waals surface area contributed by atoms with E-state index in [1.54, 1.807) is 0 Å². The largest absolute Gasteiger partial charge is 0.490 e. The normalized spacial score (nSPS) is 12.9. The number of rotatable bonds is 20. The van der Waals surface area contributed by atoms with Gasteiger partial charge in [-0.25, -0.2) is 9.59 Å². The van der Waals surface area contributed by atoms with Gasteiger partial charge in [0.05, 0.1) is 0 Å². The van der Waals surface area contributed by atoms with Crippen molar-refractivity contribution in [2.75, 3.05) is 13.2 Å². The van der Waals surface area contributed by atoms with Crippen LogP contribution in [0.2, 0.25) is 0 Å². The van der Waals surface area contributed by atoms with Gasteiger partial charge in [0.15, 0.2) is 6.10 Å². The van der Waals surface area contributed by atoms with Crippen LogP contribution < -0.4 is 0 Å². The van der Waals surface area contributed by atoms with Crippen molar-refractivity contribution in [2.45, 2.75) is 115 Å². The molecule has 37 heavy (non-hydrogen) atoms. The molecule has 1 atom stereocenters. The van der Waals surface area contributed by atoms with E-state index in [1.165, 1.54) is 38.5 Å². The number of halogens is 6. The number of carbonyl (C=O) groups is 3. The minimum absolute atomic E-state index is 0.0690. The van der Waals surface area contributed by atoms with E-state index in [2.05, 4.69) is 33.3 Å². The number of carbonyl (C=O) groups excluding carboxylic acids is 3. The predicted octanol–water partition coefficient (Wildman–Crippen LogP) is 7.15. The number of hydrogen-bond acceptors (Lipinski definition) is 6. The van der Waals surface area contributed by atoms with E-state index in [0.29, 0.717) is 12.8 Å². The third-order valence-electron chi connectivity index (χ3n) is 5.21. The topological polar surface area (TPSA) is 78.9 Å². The molecule has 0 aliphatic rings. The molecule has 216 valence electrons. The first-order valence-corrected chi connectivity index (χ1v) is 12.7. The number of ether oxygens (including phenoxy) is 3. The van der Waals surface area contributed by atoms with Gasteiger partial charge in [-0.2, -0.15) is 26.3 Å². The Balaban J connectivity index is 4.05. The van der Waals surface area contributed by atoms with Gasteiger partial charge in [0.1, 0.15) is 13.2 Å². The van der Waals surface area contributed by atoms with Crippen LogP contribution in [-0.4, -0.2) is 49.6 Å². The quantitative estimate of drug-likeness (QED) is 0.0529. The number of esters is 3. The number of allylic oxidation sites excluding steroid dienone is 2. The zero-order valence-corrected chi connectivity index (χ0v) is 21.3. The standard InChI is InChI=1S/C25H38F6O6/c1-2-3-4-5-6-7-8-9-10-11-12-13-14-15-16-17-21(32)35-18-20(37-23(34)25(29,30)31)19-36-22(33)24(26,27)28/h9-10,20H,2-8,11-19H2,1H3/b10-9-/t20-/m1/s1. The second-order valence-electron chi connectivity index (χ2n) is 8.64. The summed E-state index contributed by atoms with van der Waals surface area (Å²) in [5, 5.41) is 0. The van der Waals surface area contributed by atoms with Crippen molar-refractivity contribution < 1.29 is 54.9 Å². The Morgan fingerprint density at radius 1 is 0.649 bits per heavy atom. The fourth-order valence-electron chi connectivity index (χ4n) is 3.18. The summed E-state index contributed by atoms with van der Waals surface area (Å²) in [6, 6.07) is 0. The van der Waals surface area contributed by atoms with Crippen LogP contribution in [0.1, 0.15) is 96.8 Å². The highest BCUT2D eigenvalue weighted by molar-refractivity contribution is 5.76. The Kier molecular flexibility index (Phi) is 18.6. The average molecular weight is 549 g/mol. The van der Waals surface area contributed by atoms with Gasteiger partial charge >= 0.3 is 30.3 Å². The number of hydrogen-bond donors (Lipinski definition) is 0. The van der Waals surface area contributed by atoms with E-state index in [0.717, 1.165) is 32.1 Å². The van der Waals surface area contributed by atoms with E-state index < -0.39 is 49.6 Å². The van der Waals surface area contributed by atoms with Crippen molar-refractivity contribution in [3.8, 4) is 0 Å². The van der Waals surface area contributed by atoms with Crippen molar-refractivity contribution >= 4 is 17.9 Å². The smallest absolute Gasteiger partial charge is 0.462 e. The van der Waals surface area contributed by atoms with Gasteiger partial charge in [-0.3, -0.25) is 4.79 Å². The van der Waals surface area contributed by atoms with Gasteiger partial charge in [-0.15, -0.1) is 0 Å². The lowest BCUT2D eigenvalue weighted by Gasteiger charge is -2.19. The Labute approximate surface area is 214 Å². The molecular formula is C25H38F6O6. The lowest BCUT2D eigenvalue weighted by molar-refractivity contribution is -0.216. The molecule has 0 aromatic heterocycles.